The molecule has 0 aliphatic rings. The number of hydrogen-bond acceptors (Lipinski definition) is 6. The molecule has 18 heavy (non-hydrogen) atoms. The number of azo groups is 1. The van der Waals surface area contributed by atoms with E-state index in [1.54, 1.807) is 23.5 Å². The van der Waals surface area contributed by atoms with E-state index in [4.69, 9.17) is 0 Å². The van der Waals surface area contributed by atoms with Crippen molar-refractivity contribution in [3.05, 3.63) is 29.4 Å². The summed E-state index contributed by atoms with van der Waals surface area (Å²) in [6.07, 6.45) is 1.37. The number of aromatic nitrogens is 3. The van der Waals surface area contributed by atoms with Gasteiger partial charge in [-0.1, -0.05) is 0 Å². The highest BCUT2D eigenvalue weighted by molar-refractivity contribution is 7.19. The maximum atomic E-state index is 9.77. The molecule has 6 nitrogen and oxygen atoms in total. The summed E-state index contributed by atoms with van der Waals surface area (Å²) < 4.78 is 0.913. The van der Waals surface area contributed by atoms with Crippen LogP contribution in [0.3, 0.4) is 0 Å². The summed E-state index contributed by atoms with van der Waals surface area (Å²) >= 11 is 1.57. The van der Waals surface area contributed by atoms with Gasteiger partial charge in [0.1, 0.15) is 17.8 Å². The highest BCUT2D eigenvalue weighted by Crippen LogP contribution is 2.38. The largest absolute Gasteiger partial charge is 0.507 e. The Hall–Kier alpha value is -2.28. The maximum Gasteiger partial charge on any atom is 0.264 e. The fraction of sp³-hybridized carbons (Fsp3) is 0.0909. The summed E-state index contributed by atoms with van der Waals surface area (Å²) in [6.45, 7) is 1.99. The second kappa shape index (κ2) is 4.19. The van der Waals surface area contributed by atoms with Crippen LogP contribution in [0.15, 0.2) is 34.8 Å². The van der Waals surface area contributed by atoms with Gasteiger partial charge in [0.15, 0.2) is 0 Å². The zero-order valence-electron chi connectivity index (χ0n) is 9.45. The van der Waals surface area contributed by atoms with Gasteiger partial charge in [-0.2, -0.15) is 10.1 Å². The van der Waals surface area contributed by atoms with Crippen molar-refractivity contribution < 1.29 is 5.11 Å². The zero-order chi connectivity index (χ0) is 12.5. The number of aryl methyl sites for hydroxylation is 1. The molecule has 3 aromatic rings. The summed E-state index contributed by atoms with van der Waals surface area (Å²) in [5.41, 5.74) is 0.706. The predicted octanol–water partition coefficient (Wildman–Crippen LogP) is 3.45. The van der Waals surface area contributed by atoms with Gasteiger partial charge in [0.25, 0.3) is 5.95 Å². The molecule has 0 aliphatic heterocycles. The Kier molecular flexibility index (Phi) is 2.52. The van der Waals surface area contributed by atoms with Crippen LogP contribution < -0.4 is 0 Å². The van der Waals surface area contributed by atoms with Gasteiger partial charge in [-0.3, -0.25) is 0 Å². The second-order valence-electron chi connectivity index (χ2n) is 3.71. The van der Waals surface area contributed by atoms with Crippen molar-refractivity contribution in [1.82, 2.24) is 15.2 Å². The van der Waals surface area contributed by atoms with Crippen LogP contribution in [0.2, 0.25) is 0 Å². The number of phenolic OH excluding ortho intramolecular Hbond substituents is 1. The van der Waals surface area contributed by atoms with Crippen molar-refractivity contribution in [3.63, 3.8) is 0 Å². The van der Waals surface area contributed by atoms with Gasteiger partial charge in [-0.15, -0.1) is 21.6 Å². The van der Waals surface area contributed by atoms with Crippen LogP contribution in [0, 0.1) is 6.92 Å². The number of nitrogens with zero attached hydrogens (tertiary/aromatic N) is 4. The lowest BCUT2D eigenvalue weighted by atomic mass is 10.2. The third-order valence-corrected chi connectivity index (χ3v) is 3.49. The molecule has 2 heterocycles. The Morgan fingerprint density at radius 3 is 3.00 bits per heavy atom. The number of rotatable bonds is 2. The van der Waals surface area contributed by atoms with Gasteiger partial charge < -0.3 is 5.11 Å². The van der Waals surface area contributed by atoms with Crippen molar-refractivity contribution in [2.45, 2.75) is 6.92 Å². The van der Waals surface area contributed by atoms with Gasteiger partial charge in [0, 0.05) is 10.3 Å². The molecule has 0 atom stereocenters. The van der Waals surface area contributed by atoms with E-state index in [1.807, 2.05) is 13.0 Å². The number of H-pyrrole nitrogens is 1. The second-order valence-corrected chi connectivity index (χ2v) is 4.97. The number of thiophene rings is 1. The number of fused-ring (bicyclic) bond motifs is 1. The Morgan fingerprint density at radius 1 is 1.33 bits per heavy atom. The predicted molar refractivity (Wildman–Crippen MR) is 68.8 cm³/mol. The Morgan fingerprint density at radius 2 is 2.22 bits per heavy atom. The van der Waals surface area contributed by atoms with Crippen LogP contribution in [0.25, 0.3) is 10.1 Å². The molecule has 0 aliphatic carbocycles. The first kappa shape index (κ1) is 10.8. The first-order chi connectivity index (χ1) is 8.74. The van der Waals surface area contributed by atoms with E-state index in [1.165, 1.54) is 6.33 Å². The molecule has 0 amide bonds. The normalized spacial score (nSPS) is 11.6. The Balaban J connectivity index is 2.09. The van der Waals surface area contributed by atoms with Gasteiger partial charge in [-0.05, 0) is 25.1 Å². The van der Waals surface area contributed by atoms with Gasteiger partial charge in [0.05, 0.1) is 4.70 Å². The summed E-state index contributed by atoms with van der Waals surface area (Å²) in [5, 5.41) is 24.9. The topological polar surface area (TPSA) is 86.5 Å². The summed E-state index contributed by atoms with van der Waals surface area (Å²) in [5.74, 6) is 0.609. The fourth-order valence-electron chi connectivity index (χ4n) is 1.65. The number of hydrogen-bond donors (Lipinski definition) is 2. The molecule has 0 unspecified atom stereocenters. The number of aromatic hydroxyl groups is 1. The van der Waals surface area contributed by atoms with Gasteiger partial charge >= 0.3 is 0 Å². The molecule has 0 radical (unpaired) electrons. The van der Waals surface area contributed by atoms with Crippen LogP contribution in [0.5, 0.6) is 5.75 Å². The lowest BCUT2D eigenvalue weighted by Gasteiger charge is -1.97. The molecule has 2 aromatic heterocycles. The highest BCUT2D eigenvalue weighted by atomic mass is 32.1. The minimum atomic E-state index is 0.257. The van der Waals surface area contributed by atoms with E-state index < -0.39 is 0 Å². The summed E-state index contributed by atoms with van der Waals surface area (Å²) in [6, 6.07) is 5.28. The molecule has 2 N–H and O–H groups in total. The van der Waals surface area contributed by atoms with E-state index >= 15 is 0 Å². The standard InChI is InChI=1S/C11H9N5OS/c1-6-4-7-9(17)3-2-8(10(7)18-6)14-16-11-12-5-13-15-11/h2-5,17H,1H3,(H,12,13,15). The van der Waals surface area contributed by atoms with E-state index in [9.17, 15) is 5.11 Å². The molecule has 1 aromatic carbocycles. The molecule has 0 saturated carbocycles. The van der Waals surface area contributed by atoms with Crippen LogP contribution in [0.4, 0.5) is 11.6 Å². The van der Waals surface area contributed by atoms with Crippen molar-refractivity contribution >= 4 is 33.1 Å². The highest BCUT2D eigenvalue weighted by Gasteiger charge is 2.08. The monoisotopic (exact) mass is 259 g/mol. The molecular formula is C11H9N5OS. The molecule has 0 fully saturated rings. The van der Waals surface area contributed by atoms with E-state index in [-0.39, 0.29) is 5.75 Å². The molecule has 7 heteroatoms. The average Bonchev–Trinajstić information content (AvgIpc) is 2.97. The molecule has 0 bridgehead atoms. The SMILES string of the molecule is Cc1cc2c(O)ccc(N=Nc3ncn[nH]3)c2s1. The van der Waals surface area contributed by atoms with Crippen LogP contribution in [-0.4, -0.2) is 20.3 Å². The summed E-state index contributed by atoms with van der Waals surface area (Å²) in [7, 11) is 0. The molecule has 0 saturated heterocycles. The quantitative estimate of drug-likeness (QED) is 0.691. The van der Waals surface area contributed by atoms with Crippen molar-refractivity contribution in [2.24, 2.45) is 10.2 Å². The molecule has 0 spiro atoms. The van der Waals surface area contributed by atoms with Crippen molar-refractivity contribution in [2.75, 3.05) is 0 Å². The van der Waals surface area contributed by atoms with Crippen LogP contribution >= 0.6 is 11.3 Å². The van der Waals surface area contributed by atoms with Gasteiger partial charge in [0.2, 0.25) is 0 Å². The van der Waals surface area contributed by atoms with Crippen molar-refractivity contribution in [1.29, 1.82) is 0 Å². The van der Waals surface area contributed by atoms with Crippen molar-refractivity contribution in [3.8, 4) is 5.75 Å². The third-order valence-electron chi connectivity index (χ3n) is 2.42. The van der Waals surface area contributed by atoms with E-state index in [0.29, 0.717) is 11.6 Å². The number of benzene rings is 1. The Bertz CT molecular complexity index is 716. The smallest absolute Gasteiger partial charge is 0.264 e. The molecular weight excluding hydrogens is 250 g/mol. The van der Waals surface area contributed by atoms with Gasteiger partial charge in [-0.25, -0.2) is 5.10 Å². The van der Waals surface area contributed by atoms with Crippen LogP contribution in [-0.2, 0) is 0 Å². The average molecular weight is 259 g/mol. The fourth-order valence-corrected chi connectivity index (χ4v) is 2.63. The summed E-state index contributed by atoms with van der Waals surface area (Å²) in [4.78, 5) is 4.97. The number of aromatic amines is 1. The lowest BCUT2D eigenvalue weighted by molar-refractivity contribution is 0.482. The first-order valence-corrected chi connectivity index (χ1v) is 6.05. The van der Waals surface area contributed by atoms with Crippen LogP contribution in [0.1, 0.15) is 4.88 Å². The molecule has 90 valence electrons. The number of nitrogens with one attached hydrogen (secondary N) is 1. The minimum Gasteiger partial charge on any atom is -0.507 e. The first-order valence-electron chi connectivity index (χ1n) is 5.23. The molecule has 3 rings (SSSR count). The number of phenols is 1. The lowest BCUT2D eigenvalue weighted by Crippen LogP contribution is -1.69. The Labute approximate surface area is 106 Å². The maximum absolute atomic E-state index is 9.77. The minimum absolute atomic E-state index is 0.257. The zero-order valence-corrected chi connectivity index (χ0v) is 10.3. The van der Waals surface area contributed by atoms with E-state index in [2.05, 4.69) is 25.4 Å². The van der Waals surface area contributed by atoms with E-state index in [0.717, 1.165) is 15.0 Å². The third kappa shape index (κ3) is 1.84.